The normalized spacial score (nSPS) is 12.0. The minimum Gasteiger partial charge on any atom is -0.297 e. The minimum atomic E-state index is -0.302. The van der Waals surface area contributed by atoms with Crippen molar-refractivity contribution >= 4 is 23.2 Å². The summed E-state index contributed by atoms with van der Waals surface area (Å²) >= 11 is 1.65. The van der Waals surface area contributed by atoms with Crippen LogP contribution in [0.5, 0.6) is 0 Å². The van der Waals surface area contributed by atoms with Gasteiger partial charge in [-0.3, -0.25) is 25.8 Å². The third kappa shape index (κ3) is 6.32. The average Bonchev–Trinajstić information content (AvgIpc) is 3.08. The fourth-order valence-corrected chi connectivity index (χ4v) is 3.38. The van der Waals surface area contributed by atoms with Crippen molar-refractivity contribution in [2.24, 2.45) is 5.92 Å². The molecule has 0 aliphatic carbocycles. The highest BCUT2D eigenvalue weighted by Crippen LogP contribution is 2.26. The molecule has 0 aliphatic heterocycles. The summed E-state index contributed by atoms with van der Waals surface area (Å²) in [6, 6.07) is 12.5. The number of carbonyl (C=O) groups excluding carboxylic acids is 2. The first kappa shape index (κ1) is 19.1. The van der Waals surface area contributed by atoms with E-state index in [1.807, 2.05) is 11.4 Å². The molecule has 1 aromatic heterocycles. The molecule has 0 fully saturated rings. The molecule has 0 aliphatic rings. The number of thiophene rings is 1. The molecule has 6 heteroatoms. The lowest BCUT2D eigenvalue weighted by molar-refractivity contribution is -0.127. The van der Waals surface area contributed by atoms with Crippen LogP contribution in [0.25, 0.3) is 0 Å². The van der Waals surface area contributed by atoms with E-state index in [0.29, 0.717) is 5.92 Å². The summed E-state index contributed by atoms with van der Waals surface area (Å²) in [4.78, 5) is 23.8. The number of amides is 2. The second-order valence-electron chi connectivity index (χ2n) is 6.40. The van der Waals surface area contributed by atoms with Gasteiger partial charge in [-0.15, -0.1) is 11.3 Å². The van der Waals surface area contributed by atoms with Crippen LogP contribution in [-0.2, 0) is 16.0 Å². The zero-order chi connectivity index (χ0) is 18.2. The van der Waals surface area contributed by atoms with E-state index < -0.39 is 0 Å². The highest BCUT2D eigenvalue weighted by molar-refractivity contribution is 7.10. The average molecular weight is 359 g/mol. The number of hydrogen-bond acceptors (Lipinski definition) is 4. The van der Waals surface area contributed by atoms with Crippen LogP contribution in [0.4, 0.5) is 0 Å². The maximum atomic E-state index is 11.8. The first-order chi connectivity index (χ1) is 12.0. The second kappa shape index (κ2) is 9.34. The van der Waals surface area contributed by atoms with Crippen molar-refractivity contribution in [3.63, 3.8) is 0 Å². The van der Waals surface area contributed by atoms with Gasteiger partial charge >= 0.3 is 0 Å². The topological polar surface area (TPSA) is 70.2 Å². The van der Waals surface area contributed by atoms with Gasteiger partial charge in [0.25, 0.3) is 5.91 Å². The quantitative estimate of drug-likeness (QED) is 0.666. The lowest BCUT2D eigenvalue weighted by atomic mass is 9.99. The summed E-state index contributed by atoms with van der Waals surface area (Å²) in [5.41, 5.74) is 7.09. The molecule has 25 heavy (non-hydrogen) atoms. The van der Waals surface area contributed by atoms with Gasteiger partial charge < -0.3 is 0 Å². The van der Waals surface area contributed by atoms with Crippen LogP contribution in [0.3, 0.4) is 0 Å². The Kier molecular flexibility index (Phi) is 7.16. The molecule has 0 bridgehead atoms. The summed E-state index contributed by atoms with van der Waals surface area (Å²) < 4.78 is 0. The van der Waals surface area contributed by atoms with Crippen LogP contribution in [-0.4, -0.2) is 18.4 Å². The van der Waals surface area contributed by atoms with Crippen molar-refractivity contribution in [2.45, 2.75) is 33.2 Å². The Morgan fingerprint density at radius 2 is 1.80 bits per heavy atom. The summed E-state index contributed by atoms with van der Waals surface area (Å²) in [6.07, 6.45) is 1.05. The van der Waals surface area contributed by atoms with Gasteiger partial charge in [0.15, 0.2) is 0 Å². The molecular formula is C19H25N3O2S. The lowest BCUT2D eigenvalue weighted by Gasteiger charge is -2.18. The molecule has 134 valence electrons. The predicted octanol–water partition coefficient (Wildman–Crippen LogP) is 2.79. The van der Waals surface area contributed by atoms with Crippen LogP contribution < -0.4 is 16.2 Å². The molecule has 0 saturated carbocycles. The Bertz CT molecular complexity index is 681. The number of carbonyl (C=O) groups is 2. The van der Waals surface area contributed by atoms with Crippen molar-refractivity contribution in [1.82, 2.24) is 16.2 Å². The van der Waals surface area contributed by atoms with E-state index in [9.17, 15) is 9.59 Å². The van der Waals surface area contributed by atoms with E-state index in [2.05, 4.69) is 60.3 Å². The Balaban J connectivity index is 2.06. The SMILES string of the molecule is CC(=O)NNC(=O)CN[C@@H](c1ccc(CC(C)C)cc1)c1cccs1. The lowest BCUT2D eigenvalue weighted by Crippen LogP contribution is -2.45. The summed E-state index contributed by atoms with van der Waals surface area (Å²) in [6.45, 7) is 5.87. The first-order valence-electron chi connectivity index (χ1n) is 8.36. The Hall–Kier alpha value is -2.18. The fourth-order valence-electron chi connectivity index (χ4n) is 2.55. The number of benzene rings is 1. The van der Waals surface area contributed by atoms with Crippen molar-refractivity contribution in [1.29, 1.82) is 0 Å². The fraction of sp³-hybridized carbons (Fsp3) is 0.368. The van der Waals surface area contributed by atoms with Crippen molar-refractivity contribution < 1.29 is 9.59 Å². The van der Waals surface area contributed by atoms with Crippen molar-refractivity contribution in [3.8, 4) is 0 Å². The van der Waals surface area contributed by atoms with Crippen molar-refractivity contribution in [3.05, 3.63) is 57.8 Å². The molecule has 5 nitrogen and oxygen atoms in total. The van der Waals surface area contributed by atoms with E-state index in [1.165, 1.54) is 12.5 Å². The highest BCUT2D eigenvalue weighted by atomic mass is 32.1. The van der Waals surface area contributed by atoms with Gasteiger partial charge in [0, 0.05) is 11.8 Å². The van der Waals surface area contributed by atoms with Crippen LogP contribution in [0.2, 0.25) is 0 Å². The third-order valence-corrected chi connectivity index (χ3v) is 4.57. The van der Waals surface area contributed by atoms with Crippen LogP contribution in [0, 0.1) is 5.92 Å². The van der Waals surface area contributed by atoms with Gasteiger partial charge in [-0.05, 0) is 34.9 Å². The molecule has 0 saturated heterocycles. The molecule has 0 radical (unpaired) electrons. The van der Waals surface area contributed by atoms with Crippen LogP contribution in [0.15, 0.2) is 41.8 Å². The van der Waals surface area contributed by atoms with Crippen LogP contribution in [0.1, 0.15) is 42.8 Å². The Morgan fingerprint density at radius 3 is 2.36 bits per heavy atom. The van der Waals surface area contributed by atoms with Gasteiger partial charge in [0.2, 0.25) is 5.91 Å². The van der Waals surface area contributed by atoms with E-state index in [1.54, 1.807) is 11.3 Å². The van der Waals surface area contributed by atoms with E-state index in [4.69, 9.17) is 0 Å². The zero-order valence-electron chi connectivity index (χ0n) is 14.8. The summed E-state index contributed by atoms with van der Waals surface area (Å²) in [7, 11) is 0. The van der Waals surface area contributed by atoms with E-state index in [0.717, 1.165) is 16.9 Å². The molecule has 0 unspecified atom stereocenters. The molecule has 1 aromatic carbocycles. The molecule has 1 heterocycles. The predicted molar refractivity (Wildman–Crippen MR) is 101 cm³/mol. The monoisotopic (exact) mass is 359 g/mol. The standard InChI is InChI=1S/C19H25N3O2S/c1-13(2)11-15-6-8-16(9-7-15)19(17-5-4-10-25-17)20-12-18(24)22-21-14(3)23/h4-10,13,19-20H,11-12H2,1-3H3,(H,21,23)(H,22,24)/t19-/m0/s1. The molecule has 2 amide bonds. The maximum absolute atomic E-state index is 11.8. The van der Waals surface area contributed by atoms with Gasteiger partial charge in [-0.2, -0.15) is 0 Å². The first-order valence-corrected chi connectivity index (χ1v) is 9.24. The minimum absolute atomic E-state index is 0.0591. The third-order valence-electron chi connectivity index (χ3n) is 3.63. The summed E-state index contributed by atoms with van der Waals surface area (Å²) in [5, 5.41) is 5.29. The Morgan fingerprint density at radius 1 is 1.08 bits per heavy atom. The van der Waals surface area contributed by atoms with Crippen LogP contribution >= 0.6 is 11.3 Å². The molecule has 3 N–H and O–H groups in total. The maximum Gasteiger partial charge on any atom is 0.252 e. The van der Waals surface area contributed by atoms with Gasteiger partial charge in [0.1, 0.15) is 0 Å². The molecule has 0 spiro atoms. The smallest absolute Gasteiger partial charge is 0.252 e. The molecule has 2 rings (SSSR count). The number of hydrogen-bond donors (Lipinski definition) is 3. The van der Waals surface area contributed by atoms with Crippen molar-refractivity contribution in [2.75, 3.05) is 6.54 Å². The number of nitrogens with one attached hydrogen (secondary N) is 3. The highest BCUT2D eigenvalue weighted by Gasteiger charge is 2.16. The number of rotatable bonds is 7. The largest absolute Gasteiger partial charge is 0.297 e. The van der Waals surface area contributed by atoms with Gasteiger partial charge in [-0.1, -0.05) is 44.2 Å². The Labute approximate surface area is 152 Å². The number of hydrazine groups is 1. The molecule has 2 aromatic rings. The van der Waals surface area contributed by atoms with E-state index in [-0.39, 0.29) is 24.4 Å². The summed E-state index contributed by atoms with van der Waals surface area (Å²) in [5.74, 6) is 0.0339. The van der Waals surface area contributed by atoms with Gasteiger partial charge in [-0.25, -0.2) is 0 Å². The zero-order valence-corrected chi connectivity index (χ0v) is 15.7. The molecular weight excluding hydrogens is 334 g/mol. The second-order valence-corrected chi connectivity index (χ2v) is 7.38. The van der Waals surface area contributed by atoms with Gasteiger partial charge in [0.05, 0.1) is 12.6 Å². The van der Waals surface area contributed by atoms with E-state index >= 15 is 0 Å². The molecule has 1 atom stereocenters.